The number of esters is 1. The van der Waals surface area contributed by atoms with E-state index in [0.29, 0.717) is 17.0 Å². The van der Waals surface area contributed by atoms with Gasteiger partial charge in [0.05, 0.1) is 12.0 Å². The number of hydrogen-bond donors (Lipinski definition) is 2. The van der Waals surface area contributed by atoms with Gasteiger partial charge in [0, 0.05) is 12.1 Å². The Morgan fingerprint density at radius 3 is 2.17 bits per heavy atom. The summed E-state index contributed by atoms with van der Waals surface area (Å²) in [6.45, 7) is 0. The molecule has 23 heavy (non-hydrogen) atoms. The third-order valence-electron chi connectivity index (χ3n) is 2.92. The Balaban J connectivity index is 1.90. The Morgan fingerprint density at radius 1 is 0.913 bits per heavy atom. The van der Waals surface area contributed by atoms with Crippen LogP contribution in [0.15, 0.2) is 54.6 Å². The second-order valence-corrected chi connectivity index (χ2v) is 4.72. The van der Waals surface area contributed by atoms with Crippen LogP contribution in [0.25, 0.3) is 0 Å². The Hall–Kier alpha value is -3.15. The highest BCUT2D eigenvalue weighted by molar-refractivity contribution is 5.93. The lowest BCUT2D eigenvalue weighted by atomic mass is 10.2. The molecular weight excluding hydrogens is 298 g/mol. The van der Waals surface area contributed by atoms with Gasteiger partial charge >= 0.3 is 11.9 Å². The summed E-state index contributed by atoms with van der Waals surface area (Å²) in [6, 6.07) is 14.8. The molecule has 0 bridgehead atoms. The molecule has 6 nitrogen and oxygen atoms in total. The van der Waals surface area contributed by atoms with Gasteiger partial charge < -0.3 is 15.2 Å². The van der Waals surface area contributed by atoms with E-state index in [4.69, 9.17) is 9.84 Å². The molecule has 0 spiro atoms. The van der Waals surface area contributed by atoms with Gasteiger partial charge in [0.2, 0.25) is 5.91 Å². The topological polar surface area (TPSA) is 92.7 Å². The van der Waals surface area contributed by atoms with Crippen LogP contribution in [0.3, 0.4) is 0 Å². The molecule has 0 heterocycles. The standard InChI is InChI=1S/C17H15NO5/c19-15(10-11-16(20)21)18-13-6-8-14(9-7-13)23-17(22)12-4-2-1-3-5-12/h1-9H,10-11H2,(H,18,19)(H,20,21). The molecule has 6 heteroatoms. The van der Waals surface area contributed by atoms with E-state index in [2.05, 4.69) is 5.32 Å². The van der Waals surface area contributed by atoms with Crippen molar-refractivity contribution in [2.24, 2.45) is 0 Å². The molecule has 0 aliphatic rings. The molecule has 2 N–H and O–H groups in total. The first-order valence-corrected chi connectivity index (χ1v) is 6.93. The Morgan fingerprint density at radius 2 is 1.57 bits per heavy atom. The lowest BCUT2D eigenvalue weighted by molar-refractivity contribution is -0.138. The maximum atomic E-state index is 11.9. The van der Waals surface area contributed by atoms with Crippen LogP contribution >= 0.6 is 0 Å². The predicted octanol–water partition coefficient (Wildman–Crippen LogP) is 2.71. The minimum Gasteiger partial charge on any atom is -0.481 e. The highest BCUT2D eigenvalue weighted by Gasteiger charge is 2.09. The van der Waals surface area contributed by atoms with Crippen LogP contribution in [-0.4, -0.2) is 23.0 Å². The van der Waals surface area contributed by atoms with Crippen molar-refractivity contribution >= 4 is 23.5 Å². The van der Waals surface area contributed by atoms with E-state index < -0.39 is 11.9 Å². The molecule has 0 aliphatic carbocycles. The van der Waals surface area contributed by atoms with E-state index in [-0.39, 0.29) is 18.7 Å². The second-order valence-electron chi connectivity index (χ2n) is 4.72. The molecule has 118 valence electrons. The first-order valence-electron chi connectivity index (χ1n) is 6.93. The van der Waals surface area contributed by atoms with Crippen molar-refractivity contribution in [3.8, 4) is 5.75 Å². The molecule has 0 radical (unpaired) electrons. The molecule has 2 aromatic carbocycles. The monoisotopic (exact) mass is 313 g/mol. The van der Waals surface area contributed by atoms with E-state index in [1.54, 1.807) is 54.6 Å². The molecule has 2 aromatic rings. The Bertz CT molecular complexity index is 695. The van der Waals surface area contributed by atoms with Crippen LogP contribution in [0.1, 0.15) is 23.2 Å². The number of carbonyl (C=O) groups excluding carboxylic acids is 2. The molecular formula is C17H15NO5. The van der Waals surface area contributed by atoms with E-state index in [9.17, 15) is 14.4 Å². The van der Waals surface area contributed by atoms with E-state index in [1.807, 2.05) is 0 Å². The quantitative estimate of drug-likeness (QED) is 0.632. The number of carboxylic acid groups (broad SMARTS) is 1. The van der Waals surface area contributed by atoms with Crippen LogP contribution in [0.2, 0.25) is 0 Å². The summed E-state index contributed by atoms with van der Waals surface area (Å²) in [6.07, 6.45) is -0.321. The van der Waals surface area contributed by atoms with Gasteiger partial charge in [0.15, 0.2) is 0 Å². The number of anilines is 1. The van der Waals surface area contributed by atoms with Crippen molar-refractivity contribution < 1.29 is 24.2 Å². The normalized spacial score (nSPS) is 9.91. The first-order chi connectivity index (χ1) is 11.0. The minimum atomic E-state index is -1.02. The maximum Gasteiger partial charge on any atom is 0.343 e. The first kappa shape index (κ1) is 16.2. The van der Waals surface area contributed by atoms with Gasteiger partial charge in [-0.2, -0.15) is 0 Å². The lowest BCUT2D eigenvalue weighted by Gasteiger charge is -2.07. The van der Waals surface area contributed by atoms with Crippen LogP contribution in [0.4, 0.5) is 5.69 Å². The number of carboxylic acids is 1. The fraction of sp³-hybridized carbons (Fsp3) is 0.118. The van der Waals surface area contributed by atoms with Gasteiger partial charge in [-0.1, -0.05) is 18.2 Å². The van der Waals surface area contributed by atoms with Gasteiger partial charge in [0.25, 0.3) is 0 Å². The molecule has 0 saturated carbocycles. The SMILES string of the molecule is O=C(O)CCC(=O)Nc1ccc(OC(=O)c2ccccc2)cc1. The lowest BCUT2D eigenvalue weighted by Crippen LogP contribution is -2.13. The van der Waals surface area contributed by atoms with E-state index in [1.165, 1.54) is 0 Å². The zero-order valence-corrected chi connectivity index (χ0v) is 12.2. The number of amides is 1. The van der Waals surface area contributed by atoms with Crippen molar-refractivity contribution in [1.29, 1.82) is 0 Å². The molecule has 0 saturated heterocycles. The van der Waals surface area contributed by atoms with Crippen LogP contribution < -0.4 is 10.1 Å². The van der Waals surface area contributed by atoms with Crippen molar-refractivity contribution in [2.45, 2.75) is 12.8 Å². The maximum absolute atomic E-state index is 11.9. The Kier molecular flexibility index (Phi) is 5.46. The van der Waals surface area contributed by atoms with Crippen molar-refractivity contribution in [1.82, 2.24) is 0 Å². The summed E-state index contributed by atoms with van der Waals surface area (Å²) in [7, 11) is 0. The van der Waals surface area contributed by atoms with Gasteiger partial charge in [-0.25, -0.2) is 4.79 Å². The number of benzene rings is 2. The molecule has 1 amide bonds. The average molecular weight is 313 g/mol. The minimum absolute atomic E-state index is 0.0971. The number of rotatable bonds is 6. The fourth-order valence-corrected chi connectivity index (χ4v) is 1.79. The molecule has 0 aliphatic heterocycles. The third-order valence-corrected chi connectivity index (χ3v) is 2.92. The van der Waals surface area contributed by atoms with Crippen molar-refractivity contribution in [3.63, 3.8) is 0 Å². The number of ether oxygens (including phenoxy) is 1. The number of nitrogens with one attached hydrogen (secondary N) is 1. The molecule has 0 unspecified atom stereocenters. The summed E-state index contributed by atoms with van der Waals surface area (Å²) >= 11 is 0. The van der Waals surface area contributed by atoms with Gasteiger partial charge in [-0.15, -0.1) is 0 Å². The van der Waals surface area contributed by atoms with Crippen molar-refractivity contribution in [2.75, 3.05) is 5.32 Å². The zero-order chi connectivity index (χ0) is 16.7. The predicted molar refractivity (Wildman–Crippen MR) is 83.3 cm³/mol. The van der Waals surface area contributed by atoms with Crippen LogP contribution in [-0.2, 0) is 9.59 Å². The number of carbonyl (C=O) groups is 3. The van der Waals surface area contributed by atoms with Gasteiger partial charge in [0.1, 0.15) is 5.75 Å². The summed E-state index contributed by atoms with van der Waals surface area (Å²) in [5, 5.41) is 11.1. The van der Waals surface area contributed by atoms with Crippen molar-refractivity contribution in [3.05, 3.63) is 60.2 Å². The third kappa shape index (κ3) is 5.28. The summed E-state index contributed by atoms with van der Waals surface area (Å²) in [5.74, 6) is -1.53. The summed E-state index contributed by atoms with van der Waals surface area (Å²) in [5.41, 5.74) is 0.943. The van der Waals surface area contributed by atoms with Gasteiger partial charge in [-0.3, -0.25) is 9.59 Å². The molecule has 0 fully saturated rings. The fourth-order valence-electron chi connectivity index (χ4n) is 1.79. The zero-order valence-electron chi connectivity index (χ0n) is 12.2. The summed E-state index contributed by atoms with van der Waals surface area (Å²) in [4.78, 5) is 33.8. The summed E-state index contributed by atoms with van der Waals surface area (Å²) < 4.78 is 5.21. The second kappa shape index (κ2) is 7.74. The van der Waals surface area contributed by atoms with Crippen LogP contribution in [0.5, 0.6) is 5.75 Å². The molecule has 0 aromatic heterocycles. The molecule has 2 rings (SSSR count). The van der Waals surface area contributed by atoms with Crippen LogP contribution in [0, 0.1) is 0 Å². The van der Waals surface area contributed by atoms with Gasteiger partial charge in [-0.05, 0) is 36.4 Å². The average Bonchev–Trinajstić information content (AvgIpc) is 2.55. The smallest absolute Gasteiger partial charge is 0.343 e. The highest BCUT2D eigenvalue weighted by Crippen LogP contribution is 2.17. The Labute approximate surface area is 132 Å². The largest absolute Gasteiger partial charge is 0.481 e. The molecule has 0 atom stereocenters. The van der Waals surface area contributed by atoms with E-state index in [0.717, 1.165) is 0 Å². The number of aliphatic carboxylic acids is 1. The highest BCUT2D eigenvalue weighted by atomic mass is 16.5. The number of hydrogen-bond acceptors (Lipinski definition) is 4. The van der Waals surface area contributed by atoms with E-state index >= 15 is 0 Å².